The molecule has 15 heavy (non-hydrogen) atoms. The largest absolute Gasteiger partial charge is 0.299 e. The third kappa shape index (κ3) is 1.84. The van der Waals surface area contributed by atoms with Crippen LogP contribution in [0.5, 0.6) is 0 Å². The lowest BCUT2D eigenvalue weighted by atomic mass is 9.76. The predicted octanol–water partition coefficient (Wildman–Crippen LogP) is 3.69. The first kappa shape index (κ1) is 11.1. The van der Waals surface area contributed by atoms with E-state index in [0.29, 0.717) is 5.78 Å². The number of hydrogen-bond donors (Lipinski definition) is 0. The van der Waals surface area contributed by atoms with E-state index in [2.05, 4.69) is 34.7 Å². The van der Waals surface area contributed by atoms with Crippen molar-refractivity contribution in [3.8, 4) is 0 Å². The van der Waals surface area contributed by atoms with Crippen LogP contribution in [0.2, 0.25) is 0 Å². The van der Waals surface area contributed by atoms with Gasteiger partial charge in [0.2, 0.25) is 0 Å². The molecule has 0 unspecified atom stereocenters. The summed E-state index contributed by atoms with van der Waals surface area (Å²) in [4.78, 5) is 11.9. The Kier molecular flexibility index (Phi) is 3.14. The number of ketones is 1. The molecular weight excluding hydrogens is 299 g/mol. The molecule has 0 N–H and O–H groups in total. The molecule has 0 aromatic heterocycles. The molecule has 0 amide bonds. The molecule has 1 aliphatic rings. The molecule has 1 saturated carbocycles. The first-order valence-electron chi connectivity index (χ1n) is 5.43. The van der Waals surface area contributed by atoms with Crippen LogP contribution >= 0.6 is 22.6 Å². The molecule has 1 fully saturated rings. The van der Waals surface area contributed by atoms with E-state index >= 15 is 0 Å². The lowest BCUT2D eigenvalue weighted by molar-refractivity contribution is -0.122. The van der Waals surface area contributed by atoms with E-state index < -0.39 is 0 Å². The second kappa shape index (κ2) is 4.24. The van der Waals surface area contributed by atoms with Crippen molar-refractivity contribution in [3.05, 3.63) is 33.4 Å². The predicted molar refractivity (Wildman–Crippen MR) is 70.0 cm³/mol. The Labute approximate surface area is 104 Å². The van der Waals surface area contributed by atoms with E-state index in [9.17, 15) is 4.79 Å². The van der Waals surface area contributed by atoms with E-state index in [0.717, 1.165) is 12.8 Å². The van der Waals surface area contributed by atoms with Crippen molar-refractivity contribution in [2.75, 3.05) is 0 Å². The summed E-state index contributed by atoms with van der Waals surface area (Å²) in [5.41, 5.74) is 1.08. The van der Waals surface area contributed by atoms with Crippen molar-refractivity contribution in [2.45, 2.75) is 38.0 Å². The summed E-state index contributed by atoms with van der Waals surface area (Å²) in [5.74, 6) is 0.337. The van der Waals surface area contributed by atoms with Crippen molar-refractivity contribution in [1.82, 2.24) is 0 Å². The summed E-state index contributed by atoms with van der Waals surface area (Å²) < 4.78 is 1.23. The van der Waals surface area contributed by atoms with Crippen LogP contribution in [-0.2, 0) is 10.2 Å². The van der Waals surface area contributed by atoms with Gasteiger partial charge in [0.05, 0.1) is 5.41 Å². The molecule has 1 aromatic carbocycles. The van der Waals surface area contributed by atoms with E-state index in [-0.39, 0.29) is 5.41 Å². The molecule has 0 atom stereocenters. The maximum absolute atomic E-state index is 11.9. The molecule has 2 rings (SSSR count). The van der Waals surface area contributed by atoms with Gasteiger partial charge in [-0.2, -0.15) is 0 Å². The zero-order valence-electron chi connectivity index (χ0n) is 8.92. The minimum Gasteiger partial charge on any atom is -0.299 e. The summed E-state index contributed by atoms with van der Waals surface area (Å²) >= 11 is 2.34. The van der Waals surface area contributed by atoms with Crippen LogP contribution < -0.4 is 0 Å². The Morgan fingerprint density at radius 1 is 1.27 bits per heavy atom. The number of carbonyl (C=O) groups excluding carboxylic acids is 1. The maximum Gasteiger partial charge on any atom is 0.140 e. The molecule has 1 aliphatic carbocycles. The molecule has 0 saturated heterocycles. The zero-order valence-corrected chi connectivity index (χ0v) is 11.1. The summed E-state index contributed by atoms with van der Waals surface area (Å²) in [6, 6.07) is 8.29. The number of rotatable bonds is 2. The molecule has 0 bridgehead atoms. The van der Waals surface area contributed by atoms with Crippen LogP contribution in [0.4, 0.5) is 0 Å². The topological polar surface area (TPSA) is 17.1 Å². The van der Waals surface area contributed by atoms with Crippen molar-refractivity contribution in [1.29, 1.82) is 0 Å². The van der Waals surface area contributed by atoms with Gasteiger partial charge in [-0.15, -0.1) is 0 Å². The second-order valence-corrected chi connectivity index (χ2v) is 5.49. The monoisotopic (exact) mass is 314 g/mol. The van der Waals surface area contributed by atoms with Crippen molar-refractivity contribution in [2.24, 2.45) is 0 Å². The lowest BCUT2D eigenvalue weighted by Gasteiger charge is -2.27. The van der Waals surface area contributed by atoms with E-state index in [1.165, 1.54) is 22.0 Å². The Morgan fingerprint density at radius 2 is 1.87 bits per heavy atom. The van der Waals surface area contributed by atoms with Gasteiger partial charge in [0.15, 0.2) is 0 Å². The van der Waals surface area contributed by atoms with Crippen LogP contribution in [0, 0.1) is 3.57 Å². The van der Waals surface area contributed by atoms with Crippen molar-refractivity contribution >= 4 is 28.4 Å². The Hall–Kier alpha value is -0.380. The van der Waals surface area contributed by atoms with Gasteiger partial charge < -0.3 is 0 Å². The molecule has 0 aliphatic heterocycles. The van der Waals surface area contributed by atoms with Crippen LogP contribution in [0.3, 0.4) is 0 Å². The third-order valence-corrected chi connectivity index (χ3v) is 4.46. The molecule has 2 heteroatoms. The minimum atomic E-state index is -0.169. The maximum atomic E-state index is 11.9. The smallest absolute Gasteiger partial charge is 0.140 e. The number of Topliss-reactive ketones (excluding diaryl/α,β-unsaturated/α-hetero) is 1. The number of halogens is 1. The van der Waals surface area contributed by atoms with Crippen LogP contribution in [0.15, 0.2) is 24.3 Å². The highest BCUT2D eigenvalue weighted by molar-refractivity contribution is 14.1. The van der Waals surface area contributed by atoms with Gasteiger partial charge in [0.1, 0.15) is 5.78 Å². The zero-order chi connectivity index (χ0) is 10.9. The van der Waals surface area contributed by atoms with Crippen LogP contribution in [0.25, 0.3) is 0 Å². The molecule has 0 radical (unpaired) electrons. The standard InChI is InChI=1S/C13H15IO/c1-10(15)13(8-4-5-9-13)11-6-2-3-7-12(11)14/h2-3,6-7H,4-5,8-9H2,1H3. The van der Waals surface area contributed by atoms with Crippen molar-refractivity contribution < 1.29 is 4.79 Å². The number of hydrogen-bond acceptors (Lipinski definition) is 1. The van der Waals surface area contributed by atoms with Gasteiger partial charge in [-0.25, -0.2) is 0 Å². The van der Waals surface area contributed by atoms with Gasteiger partial charge in [-0.1, -0.05) is 31.0 Å². The summed E-state index contributed by atoms with van der Waals surface area (Å²) in [6.07, 6.45) is 4.43. The average molecular weight is 314 g/mol. The fourth-order valence-electron chi connectivity index (χ4n) is 2.64. The van der Waals surface area contributed by atoms with Crippen LogP contribution in [-0.4, -0.2) is 5.78 Å². The van der Waals surface area contributed by atoms with E-state index in [4.69, 9.17) is 0 Å². The molecule has 1 nitrogen and oxygen atoms in total. The second-order valence-electron chi connectivity index (χ2n) is 4.33. The molecule has 80 valence electrons. The third-order valence-electron chi connectivity index (χ3n) is 3.52. The molecular formula is C13H15IO. The average Bonchev–Trinajstić information content (AvgIpc) is 2.68. The minimum absolute atomic E-state index is 0.169. The fraction of sp³-hybridized carbons (Fsp3) is 0.462. The molecule has 0 spiro atoms. The van der Waals surface area contributed by atoms with Gasteiger partial charge in [-0.3, -0.25) is 4.79 Å². The fourth-order valence-corrected chi connectivity index (χ4v) is 3.54. The SMILES string of the molecule is CC(=O)C1(c2ccccc2I)CCCC1. The Morgan fingerprint density at radius 3 is 2.40 bits per heavy atom. The Balaban J connectivity index is 2.50. The quantitative estimate of drug-likeness (QED) is 0.761. The van der Waals surface area contributed by atoms with E-state index in [1.54, 1.807) is 6.92 Å². The first-order valence-corrected chi connectivity index (χ1v) is 6.51. The summed E-state index contributed by atoms with van der Waals surface area (Å²) in [5, 5.41) is 0. The molecule has 1 aromatic rings. The van der Waals surface area contributed by atoms with Gasteiger partial charge in [-0.05, 0) is 54.0 Å². The normalized spacial score (nSPS) is 19.1. The number of benzene rings is 1. The highest BCUT2D eigenvalue weighted by Crippen LogP contribution is 2.43. The van der Waals surface area contributed by atoms with Gasteiger partial charge in [0.25, 0.3) is 0 Å². The summed E-state index contributed by atoms with van der Waals surface area (Å²) in [7, 11) is 0. The first-order chi connectivity index (χ1) is 7.17. The Bertz CT molecular complexity index is 378. The number of carbonyl (C=O) groups is 1. The van der Waals surface area contributed by atoms with Gasteiger partial charge in [0, 0.05) is 3.57 Å². The summed E-state index contributed by atoms with van der Waals surface area (Å²) in [6.45, 7) is 1.74. The van der Waals surface area contributed by atoms with E-state index in [1.807, 2.05) is 12.1 Å². The van der Waals surface area contributed by atoms with Crippen LogP contribution in [0.1, 0.15) is 38.2 Å². The van der Waals surface area contributed by atoms with Gasteiger partial charge >= 0.3 is 0 Å². The lowest BCUT2D eigenvalue weighted by Crippen LogP contribution is -2.31. The highest BCUT2D eigenvalue weighted by atomic mass is 127. The highest BCUT2D eigenvalue weighted by Gasteiger charge is 2.40. The van der Waals surface area contributed by atoms with Crippen molar-refractivity contribution in [3.63, 3.8) is 0 Å². The molecule has 0 heterocycles.